The summed E-state index contributed by atoms with van der Waals surface area (Å²) in [4.78, 5) is 84.6. The Balaban J connectivity index is 1.80. The number of fused-ring (bicyclic) bond motifs is 5. The van der Waals surface area contributed by atoms with Gasteiger partial charge in [-0.3, -0.25) is 33.8 Å². The highest BCUT2D eigenvalue weighted by Crippen LogP contribution is 2.50. The fraction of sp³-hybridized carbons (Fsp3) is 0.529. The van der Waals surface area contributed by atoms with Crippen LogP contribution < -0.4 is 0 Å². The molecular formula is C34H40N2O10. The number of carbonyl (C=O) groups is 6. The number of methoxy groups -OCH3 is 1. The van der Waals surface area contributed by atoms with Crippen LogP contribution in [0.3, 0.4) is 0 Å². The summed E-state index contributed by atoms with van der Waals surface area (Å²) >= 11 is 0. The molecule has 0 aromatic carbocycles. The van der Waals surface area contributed by atoms with E-state index in [9.17, 15) is 33.9 Å². The lowest BCUT2D eigenvalue weighted by molar-refractivity contribution is -0.153. The van der Waals surface area contributed by atoms with Crippen LogP contribution in [0.25, 0.3) is 0 Å². The maximum atomic E-state index is 14.2. The molecule has 246 valence electrons. The first-order valence-electron chi connectivity index (χ1n) is 15.4. The number of hydrogen-bond acceptors (Lipinski definition) is 12. The Labute approximate surface area is 267 Å². The molecule has 3 aliphatic heterocycles. The molecule has 1 fully saturated rings. The van der Waals surface area contributed by atoms with Gasteiger partial charge in [0, 0.05) is 64.1 Å². The van der Waals surface area contributed by atoms with E-state index in [2.05, 4.69) is 0 Å². The second-order valence-corrected chi connectivity index (χ2v) is 12.4. The Morgan fingerprint density at radius 3 is 2.24 bits per heavy atom. The number of rotatable bonds is 8. The van der Waals surface area contributed by atoms with Crippen molar-refractivity contribution in [2.75, 3.05) is 27.4 Å². The van der Waals surface area contributed by atoms with Crippen molar-refractivity contribution in [3.05, 3.63) is 56.6 Å². The van der Waals surface area contributed by atoms with Crippen LogP contribution >= 0.6 is 0 Å². The quantitative estimate of drug-likeness (QED) is 0.136. The molecule has 1 N–H and O–H groups in total. The molecule has 46 heavy (non-hydrogen) atoms. The summed E-state index contributed by atoms with van der Waals surface area (Å²) in [6.45, 7) is 9.18. The average Bonchev–Trinajstić information content (AvgIpc) is 3.01. The summed E-state index contributed by atoms with van der Waals surface area (Å²) in [5.41, 5.74) is 0.977. The number of piperazine rings is 1. The van der Waals surface area contributed by atoms with Gasteiger partial charge in [0.15, 0.2) is 11.5 Å². The van der Waals surface area contributed by atoms with Gasteiger partial charge in [0.2, 0.25) is 17.3 Å². The van der Waals surface area contributed by atoms with Gasteiger partial charge in [0.1, 0.15) is 24.3 Å². The van der Waals surface area contributed by atoms with E-state index in [0.29, 0.717) is 5.57 Å². The van der Waals surface area contributed by atoms with E-state index >= 15 is 0 Å². The Morgan fingerprint density at radius 2 is 1.65 bits per heavy atom. The van der Waals surface area contributed by atoms with E-state index in [4.69, 9.17) is 14.2 Å². The number of Topliss-reactive ketones (excluding diaryl/α,β-unsaturated/α-hetero) is 5. The van der Waals surface area contributed by atoms with Crippen molar-refractivity contribution in [1.29, 1.82) is 0 Å². The molecular weight excluding hydrogens is 596 g/mol. The van der Waals surface area contributed by atoms with Crippen LogP contribution in [0.4, 0.5) is 0 Å². The van der Waals surface area contributed by atoms with Crippen molar-refractivity contribution in [1.82, 2.24) is 9.80 Å². The fourth-order valence-electron chi connectivity index (χ4n) is 7.89. The van der Waals surface area contributed by atoms with Gasteiger partial charge in [0.05, 0.1) is 25.2 Å². The number of allylic oxidation sites excluding steroid dienone is 5. The zero-order valence-corrected chi connectivity index (χ0v) is 27.4. The molecule has 0 spiro atoms. The molecule has 1 saturated heterocycles. The molecule has 12 nitrogen and oxygen atoms in total. The largest absolute Gasteiger partial charge is 0.507 e. The van der Waals surface area contributed by atoms with Gasteiger partial charge in [-0.2, -0.15) is 0 Å². The molecule has 0 amide bonds. The van der Waals surface area contributed by atoms with Crippen LogP contribution in [0.15, 0.2) is 56.6 Å². The summed E-state index contributed by atoms with van der Waals surface area (Å²) in [5, 5.41) is 11.3. The van der Waals surface area contributed by atoms with E-state index in [1.54, 1.807) is 33.9 Å². The molecule has 0 saturated carbocycles. The fourth-order valence-corrected chi connectivity index (χ4v) is 7.89. The number of aliphatic hydroxyl groups is 1. The van der Waals surface area contributed by atoms with Crippen LogP contribution in [0.1, 0.15) is 54.4 Å². The molecule has 3 heterocycles. The molecule has 6 atom stereocenters. The monoisotopic (exact) mass is 636 g/mol. The Hall–Kier alpha value is -4.00. The van der Waals surface area contributed by atoms with Crippen LogP contribution in [0, 0.1) is 0 Å². The first kappa shape index (κ1) is 33.4. The second-order valence-electron chi connectivity index (χ2n) is 12.4. The normalized spacial score (nSPS) is 30.5. The van der Waals surface area contributed by atoms with Crippen molar-refractivity contribution < 1.29 is 48.1 Å². The lowest BCUT2D eigenvalue weighted by Gasteiger charge is -2.63. The summed E-state index contributed by atoms with van der Waals surface area (Å²) in [5.74, 6) is -3.80. The Bertz CT molecular complexity index is 1620. The Kier molecular flexibility index (Phi) is 8.93. The minimum absolute atomic E-state index is 0.00649. The van der Waals surface area contributed by atoms with Crippen LogP contribution in [-0.2, 0) is 43.0 Å². The highest BCUT2D eigenvalue weighted by atomic mass is 16.5. The standard InChI is InChI=1S/C34H40N2O10/c1-9-14(3)34(43)46-13-21-22-18(27(38)16(5)29(40)30(22)41)12-20-25-23-24(28(39)17(6)32(44-8)31(23)42)33(45-10-2)26(35(25)7)19(36(20)21)11-15(4)37/h9,19-21,25-26,33,38H,10-13H2,1-8H3/b14-9-/t19-,20-,21-,25-,26+,33-/m0/s1. The average molecular weight is 637 g/mol. The van der Waals surface area contributed by atoms with E-state index in [-0.39, 0.29) is 82.6 Å². The summed E-state index contributed by atoms with van der Waals surface area (Å²) in [6.07, 6.45) is 0.626. The molecule has 5 aliphatic rings. The van der Waals surface area contributed by atoms with Crippen LogP contribution in [0.2, 0.25) is 0 Å². The van der Waals surface area contributed by atoms with Gasteiger partial charge in [-0.15, -0.1) is 0 Å². The van der Waals surface area contributed by atoms with Gasteiger partial charge in [-0.1, -0.05) is 6.08 Å². The van der Waals surface area contributed by atoms with E-state index in [1.165, 1.54) is 27.9 Å². The third-order valence-electron chi connectivity index (χ3n) is 10.0. The molecule has 12 heteroatoms. The SMILES string of the molecule is C/C=C(/C)C(=O)OC[C@H]1C2=C(C[C@H]3[C@H]4C5=C(C(=O)C(C)=C(OC)C5=O)[C@H](OCC)[C@@H]([C@H](CC(C)=O)N13)N4C)C(O)=C(C)C(=O)C2=O. The van der Waals surface area contributed by atoms with E-state index < -0.39 is 59.6 Å². The van der Waals surface area contributed by atoms with Gasteiger partial charge in [0.25, 0.3) is 0 Å². The molecule has 0 unspecified atom stereocenters. The number of ketones is 5. The van der Waals surface area contributed by atoms with Crippen molar-refractivity contribution in [3.63, 3.8) is 0 Å². The molecule has 2 bridgehead atoms. The van der Waals surface area contributed by atoms with Crippen molar-refractivity contribution >= 4 is 34.9 Å². The minimum Gasteiger partial charge on any atom is -0.507 e. The maximum Gasteiger partial charge on any atom is 0.333 e. The minimum atomic E-state index is -1.06. The van der Waals surface area contributed by atoms with Crippen LogP contribution in [0.5, 0.6) is 0 Å². The third-order valence-corrected chi connectivity index (χ3v) is 10.0. The van der Waals surface area contributed by atoms with Gasteiger partial charge in [-0.25, -0.2) is 4.79 Å². The topological polar surface area (TPSA) is 157 Å². The number of hydrogen-bond donors (Lipinski definition) is 1. The smallest absolute Gasteiger partial charge is 0.333 e. The summed E-state index contributed by atoms with van der Waals surface area (Å²) < 4.78 is 17.4. The predicted octanol–water partition coefficient (Wildman–Crippen LogP) is 2.04. The first-order valence-corrected chi connectivity index (χ1v) is 15.4. The number of ether oxygens (including phenoxy) is 3. The molecule has 5 rings (SSSR count). The lowest BCUT2D eigenvalue weighted by atomic mass is 9.66. The second kappa shape index (κ2) is 12.3. The van der Waals surface area contributed by atoms with Gasteiger partial charge < -0.3 is 19.3 Å². The number of carbonyl (C=O) groups excluding carboxylic acids is 6. The highest BCUT2D eigenvalue weighted by molar-refractivity contribution is 6.50. The molecule has 0 aromatic heterocycles. The van der Waals surface area contributed by atoms with Crippen molar-refractivity contribution in [2.45, 2.75) is 90.7 Å². The molecule has 0 aromatic rings. The zero-order valence-electron chi connectivity index (χ0n) is 27.4. The lowest BCUT2D eigenvalue weighted by Crippen LogP contribution is -2.77. The summed E-state index contributed by atoms with van der Waals surface area (Å²) in [6, 6.07) is -3.90. The van der Waals surface area contributed by atoms with E-state index in [0.717, 1.165) is 0 Å². The van der Waals surface area contributed by atoms with Crippen molar-refractivity contribution in [3.8, 4) is 0 Å². The maximum absolute atomic E-state index is 14.2. The third kappa shape index (κ3) is 4.85. The van der Waals surface area contributed by atoms with Crippen molar-refractivity contribution in [2.24, 2.45) is 0 Å². The Morgan fingerprint density at radius 1 is 0.978 bits per heavy atom. The number of aliphatic hydroxyl groups excluding tert-OH is 1. The van der Waals surface area contributed by atoms with Crippen LogP contribution in [-0.4, -0.2) is 113 Å². The zero-order chi connectivity index (χ0) is 33.9. The first-order chi connectivity index (χ1) is 21.7. The number of nitrogens with zero attached hydrogens (tertiary/aromatic N) is 2. The predicted molar refractivity (Wildman–Crippen MR) is 163 cm³/mol. The van der Waals surface area contributed by atoms with Gasteiger partial charge in [-0.05, 0) is 55.0 Å². The highest BCUT2D eigenvalue weighted by Gasteiger charge is 2.62. The van der Waals surface area contributed by atoms with Gasteiger partial charge >= 0.3 is 5.97 Å². The molecule has 0 radical (unpaired) electrons. The van der Waals surface area contributed by atoms with E-state index in [1.807, 2.05) is 9.80 Å². The number of likely N-dealkylation sites (N-methyl/N-ethyl adjacent to an activating group) is 1. The molecule has 2 aliphatic carbocycles. The number of esters is 1. The summed E-state index contributed by atoms with van der Waals surface area (Å²) in [7, 11) is 3.13.